The van der Waals surface area contributed by atoms with Crippen molar-refractivity contribution in [3.63, 3.8) is 0 Å². The summed E-state index contributed by atoms with van der Waals surface area (Å²) < 4.78 is 16.1. The molecule has 0 unspecified atom stereocenters. The summed E-state index contributed by atoms with van der Waals surface area (Å²) in [6, 6.07) is 0. The number of fused-ring (bicyclic) bond motifs is 1. The standard InChI is InChI=1S/C8H14O4/c1-4-5-6(7(9)10-4)12-8(2,3)11-5/h4-7,9H,1-3H3/t4-,5-,6-,7+/m1/s1. The Labute approximate surface area is 71.4 Å². The molecule has 0 radical (unpaired) electrons. The van der Waals surface area contributed by atoms with Crippen LogP contribution in [0.2, 0.25) is 0 Å². The molecule has 2 rings (SSSR count). The first-order valence-corrected chi connectivity index (χ1v) is 4.19. The van der Waals surface area contributed by atoms with E-state index in [1.165, 1.54) is 0 Å². The minimum absolute atomic E-state index is 0.0909. The molecule has 1 N–H and O–H groups in total. The van der Waals surface area contributed by atoms with Crippen LogP contribution in [0.15, 0.2) is 0 Å². The Kier molecular flexibility index (Phi) is 1.70. The van der Waals surface area contributed by atoms with E-state index in [-0.39, 0.29) is 18.3 Å². The van der Waals surface area contributed by atoms with Crippen molar-refractivity contribution in [3.8, 4) is 0 Å². The van der Waals surface area contributed by atoms with E-state index in [9.17, 15) is 5.11 Å². The third-order valence-electron chi connectivity index (χ3n) is 2.26. The van der Waals surface area contributed by atoms with Gasteiger partial charge in [0.15, 0.2) is 12.1 Å². The van der Waals surface area contributed by atoms with Crippen LogP contribution >= 0.6 is 0 Å². The van der Waals surface area contributed by atoms with Crippen molar-refractivity contribution in [2.75, 3.05) is 0 Å². The second-order valence-corrected chi connectivity index (χ2v) is 3.80. The SMILES string of the molecule is C[C@H]1O[C@H](O)[C@@H]2OC(C)(C)O[C@@H]21. The van der Waals surface area contributed by atoms with Gasteiger partial charge in [-0.2, -0.15) is 0 Å². The molecule has 0 aromatic heterocycles. The highest BCUT2D eigenvalue weighted by molar-refractivity contribution is 4.92. The Morgan fingerprint density at radius 1 is 1.17 bits per heavy atom. The molecule has 0 aromatic carbocycles. The molecular formula is C8H14O4. The Morgan fingerprint density at radius 2 is 1.75 bits per heavy atom. The maximum absolute atomic E-state index is 9.37. The van der Waals surface area contributed by atoms with Gasteiger partial charge < -0.3 is 19.3 Å². The van der Waals surface area contributed by atoms with Gasteiger partial charge >= 0.3 is 0 Å². The Balaban J connectivity index is 2.15. The van der Waals surface area contributed by atoms with Gasteiger partial charge in [-0.05, 0) is 20.8 Å². The summed E-state index contributed by atoms with van der Waals surface area (Å²) in [5.41, 5.74) is 0. The largest absolute Gasteiger partial charge is 0.366 e. The van der Waals surface area contributed by atoms with Gasteiger partial charge in [0, 0.05) is 0 Å². The summed E-state index contributed by atoms with van der Waals surface area (Å²) in [6.07, 6.45) is -1.39. The summed E-state index contributed by atoms with van der Waals surface area (Å²) in [4.78, 5) is 0. The predicted octanol–water partition coefficient (Wildman–Crippen LogP) is 0.244. The minimum atomic E-state index is -0.841. The van der Waals surface area contributed by atoms with Gasteiger partial charge in [-0.3, -0.25) is 0 Å². The summed E-state index contributed by atoms with van der Waals surface area (Å²) in [5, 5.41) is 9.37. The number of aliphatic hydroxyl groups excluding tert-OH is 1. The van der Waals surface area contributed by atoms with Gasteiger partial charge in [-0.25, -0.2) is 0 Å². The van der Waals surface area contributed by atoms with Crippen LogP contribution in [0.4, 0.5) is 0 Å². The van der Waals surface area contributed by atoms with E-state index >= 15 is 0 Å². The lowest BCUT2D eigenvalue weighted by Gasteiger charge is -2.20. The monoisotopic (exact) mass is 174 g/mol. The highest BCUT2D eigenvalue weighted by atomic mass is 16.8. The molecule has 0 saturated carbocycles. The summed E-state index contributed by atoms with van der Waals surface area (Å²) >= 11 is 0. The van der Waals surface area contributed by atoms with Crippen LogP contribution in [0.1, 0.15) is 20.8 Å². The van der Waals surface area contributed by atoms with E-state index in [2.05, 4.69) is 0 Å². The van der Waals surface area contributed by atoms with Crippen molar-refractivity contribution in [1.29, 1.82) is 0 Å². The molecule has 4 atom stereocenters. The fraction of sp³-hybridized carbons (Fsp3) is 1.00. The molecule has 4 heteroatoms. The second-order valence-electron chi connectivity index (χ2n) is 3.80. The fourth-order valence-electron chi connectivity index (χ4n) is 1.78. The lowest BCUT2D eigenvalue weighted by Crippen LogP contribution is -2.29. The molecule has 0 bridgehead atoms. The predicted molar refractivity (Wildman–Crippen MR) is 40.4 cm³/mol. The summed E-state index contributed by atoms with van der Waals surface area (Å²) in [7, 11) is 0. The molecule has 70 valence electrons. The fourth-order valence-corrected chi connectivity index (χ4v) is 1.78. The van der Waals surface area contributed by atoms with Gasteiger partial charge in [-0.1, -0.05) is 0 Å². The maximum Gasteiger partial charge on any atom is 0.184 e. The number of rotatable bonds is 0. The Bertz CT molecular complexity index is 173. The number of hydrogen-bond donors (Lipinski definition) is 1. The topological polar surface area (TPSA) is 47.9 Å². The molecule has 2 aliphatic rings. The third kappa shape index (κ3) is 1.15. The van der Waals surface area contributed by atoms with E-state index in [0.29, 0.717) is 0 Å². The van der Waals surface area contributed by atoms with Crippen molar-refractivity contribution in [2.24, 2.45) is 0 Å². The van der Waals surface area contributed by atoms with Crippen LogP contribution < -0.4 is 0 Å². The van der Waals surface area contributed by atoms with E-state index in [4.69, 9.17) is 14.2 Å². The molecule has 0 amide bonds. The molecular weight excluding hydrogens is 160 g/mol. The smallest absolute Gasteiger partial charge is 0.184 e. The molecule has 0 aromatic rings. The highest BCUT2D eigenvalue weighted by Gasteiger charge is 2.53. The maximum atomic E-state index is 9.37. The molecule has 2 fully saturated rings. The van der Waals surface area contributed by atoms with Crippen LogP contribution in [-0.2, 0) is 14.2 Å². The van der Waals surface area contributed by atoms with Crippen molar-refractivity contribution in [1.82, 2.24) is 0 Å². The van der Waals surface area contributed by atoms with E-state index in [1.807, 2.05) is 20.8 Å². The van der Waals surface area contributed by atoms with Gasteiger partial charge in [0.05, 0.1) is 6.10 Å². The van der Waals surface area contributed by atoms with Crippen LogP contribution in [0.25, 0.3) is 0 Å². The average molecular weight is 174 g/mol. The summed E-state index contributed by atoms with van der Waals surface area (Å²) in [6.45, 7) is 5.55. The number of hydrogen-bond acceptors (Lipinski definition) is 4. The van der Waals surface area contributed by atoms with Crippen LogP contribution in [0.3, 0.4) is 0 Å². The highest BCUT2D eigenvalue weighted by Crippen LogP contribution is 2.37. The zero-order chi connectivity index (χ0) is 8.93. The van der Waals surface area contributed by atoms with Crippen molar-refractivity contribution in [2.45, 2.75) is 51.2 Å². The Morgan fingerprint density at radius 3 is 2.33 bits per heavy atom. The zero-order valence-corrected chi connectivity index (χ0v) is 7.48. The molecule has 4 nitrogen and oxygen atoms in total. The average Bonchev–Trinajstić information content (AvgIpc) is 2.34. The molecule has 2 heterocycles. The van der Waals surface area contributed by atoms with Crippen LogP contribution in [-0.4, -0.2) is 35.5 Å². The van der Waals surface area contributed by atoms with Gasteiger partial charge in [0.25, 0.3) is 0 Å². The first-order valence-electron chi connectivity index (χ1n) is 4.19. The van der Waals surface area contributed by atoms with Crippen molar-refractivity contribution < 1.29 is 19.3 Å². The molecule has 0 aliphatic carbocycles. The van der Waals surface area contributed by atoms with Crippen molar-refractivity contribution >= 4 is 0 Å². The van der Waals surface area contributed by atoms with Gasteiger partial charge in [0.1, 0.15) is 12.2 Å². The number of ether oxygens (including phenoxy) is 3. The lowest BCUT2D eigenvalue weighted by molar-refractivity contribution is -0.217. The zero-order valence-electron chi connectivity index (χ0n) is 7.48. The van der Waals surface area contributed by atoms with E-state index in [0.717, 1.165) is 0 Å². The molecule has 2 aliphatic heterocycles. The van der Waals surface area contributed by atoms with Crippen LogP contribution in [0, 0.1) is 0 Å². The van der Waals surface area contributed by atoms with Gasteiger partial charge in [-0.15, -0.1) is 0 Å². The van der Waals surface area contributed by atoms with E-state index < -0.39 is 12.1 Å². The minimum Gasteiger partial charge on any atom is -0.366 e. The molecule has 2 saturated heterocycles. The normalized spacial score (nSPS) is 51.0. The van der Waals surface area contributed by atoms with E-state index in [1.54, 1.807) is 0 Å². The third-order valence-corrected chi connectivity index (χ3v) is 2.26. The van der Waals surface area contributed by atoms with Crippen LogP contribution in [0.5, 0.6) is 0 Å². The Hall–Kier alpha value is -0.160. The second kappa shape index (κ2) is 2.42. The first-order chi connectivity index (χ1) is 5.49. The quantitative estimate of drug-likeness (QED) is 0.571. The molecule has 12 heavy (non-hydrogen) atoms. The summed E-state index contributed by atoms with van der Waals surface area (Å²) in [5.74, 6) is -0.589. The van der Waals surface area contributed by atoms with Crippen molar-refractivity contribution in [3.05, 3.63) is 0 Å². The lowest BCUT2D eigenvalue weighted by atomic mass is 10.2. The van der Waals surface area contributed by atoms with Gasteiger partial charge in [0.2, 0.25) is 0 Å². The number of aliphatic hydroxyl groups is 1. The molecule has 0 spiro atoms. The first kappa shape index (κ1) is 8.44.